The van der Waals surface area contributed by atoms with Crippen LogP contribution in [-0.2, 0) is 0 Å². The summed E-state index contributed by atoms with van der Waals surface area (Å²) >= 11 is 3.35. The van der Waals surface area contributed by atoms with Crippen LogP contribution in [0.15, 0.2) is 38.1 Å². The molecule has 0 saturated carbocycles. The third-order valence-corrected chi connectivity index (χ3v) is 2.90. The molecule has 1 heterocycles. The number of anilines is 1. The predicted molar refractivity (Wildman–Crippen MR) is 74.3 cm³/mol. The fourth-order valence-electron chi connectivity index (χ4n) is 1.46. The minimum Gasteiger partial charge on any atom is -0.438 e. The van der Waals surface area contributed by atoms with Gasteiger partial charge in [0.2, 0.25) is 5.88 Å². The summed E-state index contributed by atoms with van der Waals surface area (Å²) in [4.78, 5) is 5.72. The summed E-state index contributed by atoms with van der Waals surface area (Å²) in [7, 11) is 3.67. The average molecular weight is 329 g/mol. The second-order valence-corrected chi connectivity index (χ2v) is 4.90. The van der Waals surface area contributed by atoms with Crippen molar-refractivity contribution in [3.05, 3.63) is 46.1 Å². The Bertz CT molecular complexity index is 623. The molecule has 0 fully saturated rings. The molecule has 0 atom stereocenters. The summed E-state index contributed by atoms with van der Waals surface area (Å²) in [6, 6.07) is 4.93. The molecule has 0 bridgehead atoms. The van der Waals surface area contributed by atoms with E-state index in [4.69, 9.17) is 4.42 Å². The Morgan fingerprint density at radius 3 is 2.58 bits per heavy atom. The van der Waals surface area contributed by atoms with E-state index >= 15 is 0 Å². The van der Waals surface area contributed by atoms with Gasteiger partial charge < -0.3 is 9.32 Å². The Hall–Kier alpha value is -1.69. The Morgan fingerprint density at radius 2 is 2.00 bits per heavy atom. The third-order valence-electron chi connectivity index (χ3n) is 2.33. The van der Waals surface area contributed by atoms with Crippen molar-refractivity contribution >= 4 is 33.7 Å². The molecule has 1 aromatic carbocycles. The first-order chi connectivity index (χ1) is 8.97. The van der Waals surface area contributed by atoms with Gasteiger partial charge in [-0.05, 0) is 28.1 Å². The lowest BCUT2D eigenvalue weighted by Gasteiger charge is -2.07. The normalized spacial score (nSPS) is 11.2. The Labute approximate surface area is 117 Å². The number of hydrogen-bond donors (Lipinski definition) is 0. The number of aliphatic imine (C=N–C) groups is 1. The maximum atomic E-state index is 13.4. The molecule has 0 unspecified atom stereocenters. The topological polar surface area (TPSA) is 28.7 Å². The van der Waals surface area contributed by atoms with E-state index in [-0.39, 0.29) is 5.69 Å². The molecule has 0 aliphatic carbocycles. The van der Waals surface area contributed by atoms with Gasteiger partial charge in [0.1, 0.15) is 11.6 Å². The van der Waals surface area contributed by atoms with Crippen molar-refractivity contribution in [1.82, 2.24) is 0 Å². The maximum absolute atomic E-state index is 13.4. The van der Waals surface area contributed by atoms with Crippen molar-refractivity contribution in [2.45, 2.75) is 0 Å². The maximum Gasteiger partial charge on any atom is 0.210 e. The summed E-state index contributed by atoms with van der Waals surface area (Å²) in [6.45, 7) is 0. The quantitative estimate of drug-likeness (QED) is 0.792. The van der Waals surface area contributed by atoms with E-state index in [2.05, 4.69) is 20.9 Å². The van der Waals surface area contributed by atoms with E-state index in [1.807, 2.05) is 14.1 Å². The Balaban J connectivity index is 2.25. The molecule has 0 saturated heterocycles. The number of furan rings is 1. The van der Waals surface area contributed by atoms with Crippen LogP contribution >= 0.6 is 15.9 Å². The smallest absolute Gasteiger partial charge is 0.210 e. The highest BCUT2D eigenvalue weighted by Crippen LogP contribution is 2.28. The van der Waals surface area contributed by atoms with Crippen LogP contribution in [0.25, 0.3) is 0 Å². The molecular formula is C13H11BrF2N2O. The highest BCUT2D eigenvalue weighted by Gasteiger charge is 2.09. The van der Waals surface area contributed by atoms with Crippen molar-refractivity contribution in [1.29, 1.82) is 0 Å². The summed E-state index contributed by atoms with van der Waals surface area (Å²) < 4.78 is 32.4. The van der Waals surface area contributed by atoms with Gasteiger partial charge >= 0.3 is 0 Å². The van der Waals surface area contributed by atoms with E-state index < -0.39 is 11.6 Å². The molecule has 2 rings (SSSR count). The van der Waals surface area contributed by atoms with Crippen LogP contribution in [0.2, 0.25) is 0 Å². The molecule has 2 aromatic rings. The van der Waals surface area contributed by atoms with Gasteiger partial charge in [-0.25, -0.2) is 13.8 Å². The fourth-order valence-corrected chi connectivity index (χ4v) is 2.13. The molecule has 0 N–H and O–H groups in total. The van der Waals surface area contributed by atoms with E-state index in [1.165, 1.54) is 12.3 Å². The van der Waals surface area contributed by atoms with E-state index in [0.29, 0.717) is 11.6 Å². The van der Waals surface area contributed by atoms with Crippen molar-refractivity contribution in [3.63, 3.8) is 0 Å². The van der Waals surface area contributed by atoms with Crippen LogP contribution in [0.3, 0.4) is 0 Å². The van der Waals surface area contributed by atoms with Crippen LogP contribution < -0.4 is 4.90 Å². The molecule has 0 spiro atoms. The largest absolute Gasteiger partial charge is 0.438 e. The second kappa shape index (κ2) is 5.52. The van der Waals surface area contributed by atoms with Crippen molar-refractivity contribution in [2.75, 3.05) is 19.0 Å². The van der Waals surface area contributed by atoms with Gasteiger partial charge in [0.25, 0.3) is 0 Å². The van der Waals surface area contributed by atoms with Crippen LogP contribution in [0, 0.1) is 11.6 Å². The molecular weight excluding hydrogens is 318 g/mol. The molecule has 3 nitrogen and oxygen atoms in total. The molecule has 0 radical (unpaired) electrons. The lowest BCUT2D eigenvalue weighted by molar-refractivity contribution is 0.557. The number of benzene rings is 1. The van der Waals surface area contributed by atoms with Crippen LogP contribution in [-0.4, -0.2) is 20.3 Å². The van der Waals surface area contributed by atoms with E-state index in [9.17, 15) is 8.78 Å². The summed E-state index contributed by atoms with van der Waals surface area (Å²) in [6.07, 6.45) is 1.38. The zero-order valence-corrected chi connectivity index (χ0v) is 11.9. The number of halogens is 3. The summed E-state index contributed by atoms with van der Waals surface area (Å²) in [5.41, 5.74) is 0.0559. The third kappa shape index (κ3) is 3.20. The van der Waals surface area contributed by atoms with Gasteiger partial charge in [0, 0.05) is 26.2 Å². The number of hydrogen-bond acceptors (Lipinski definition) is 3. The lowest BCUT2D eigenvalue weighted by atomic mass is 10.3. The van der Waals surface area contributed by atoms with Crippen LogP contribution in [0.5, 0.6) is 0 Å². The first-order valence-corrected chi connectivity index (χ1v) is 6.22. The van der Waals surface area contributed by atoms with Gasteiger partial charge in [-0.2, -0.15) is 0 Å². The van der Waals surface area contributed by atoms with Gasteiger partial charge in [-0.1, -0.05) is 0 Å². The van der Waals surface area contributed by atoms with Crippen molar-refractivity contribution in [2.24, 2.45) is 4.99 Å². The van der Waals surface area contributed by atoms with Gasteiger partial charge in [-0.15, -0.1) is 0 Å². The fraction of sp³-hybridized carbons (Fsp3) is 0.154. The van der Waals surface area contributed by atoms with Gasteiger partial charge in [-0.3, -0.25) is 0 Å². The average Bonchev–Trinajstić information content (AvgIpc) is 2.69. The second-order valence-electron chi connectivity index (χ2n) is 4.05. The molecule has 0 aliphatic rings. The molecule has 1 aromatic heterocycles. The molecule has 6 heteroatoms. The minimum absolute atomic E-state index is 0.0559. The Morgan fingerprint density at radius 1 is 1.26 bits per heavy atom. The van der Waals surface area contributed by atoms with Crippen LogP contribution in [0.4, 0.5) is 20.4 Å². The Kier molecular flexibility index (Phi) is 3.99. The van der Waals surface area contributed by atoms with E-state index in [0.717, 1.165) is 16.6 Å². The summed E-state index contributed by atoms with van der Waals surface area (Å²) in [5, 5.41) is 0. The van der Waals surface area contributed by atoms with Crippen LogP contribution in [0.1, 0.15) is 5.76 Å². The molecule has 0 aliphatic heterocycles. The summed E-state index contributed by atoms with van der Waals surface area (Å²) in [5.74, 6) is -0.234. The minimum atomic E-state index is -0.713. The zero-order chi connectivity index (χ0) is 14.0. The first kappa shape index (κ1) is 13.7. The monoisotopic (exact) mass is 328 g/mol. The highest BCUT2D eigenvalue weighted by molar-refractivity contribution is 9.10. The molecule has 100 valence electrons. The predicted octanol–water partition coefficient (Wildman–Crippen LogP) is 4.14. The van der Waals surface area contributed by atoms with Crippen molar-refractivity contribution < 1.29 is 13.2 Å². The van der Waals surface area contributed by atoms with Gasteiger partial charge in [0.15, 0.2) is 5.82 Å². The first-order valence-electron chi connectivity index (χ1n) is 5.43. The molecule has 0 amide bonds. The SMILES string of the molecule is CN(C)c1oc(C=Nc2ccc(F)cc2F)cc1Br. The van der Waals surface area contributed by atoms with Crippen molar-refractivity contribution in [3.8, 4) is 0 Å². The van der Waals surface area contributed by atoms with Gasteiger partial charge in [0.05, 0.1) is 16.4 Å². The number of nitrogens with zero attached hydrogens (tertiary/aromatic N) is 2. The van der Waals surface area contributed by atoms with E-state index in [1.54, 1.807) is 11.0 Å². The molecule has 19 heavy (non-hydrogen) atoms. The highest BCUT2D eigenvalue weighted by atomic mass is 79.9. The zero-order valence-electron chi connectivity index (χ0n) is 10.3. The number of rotatable bonds is 3. The lowest BCUT2D eigenvalue weighted by Crippen LogP contribution is -2.07. The standard InChI is InChI=1S/C13H11BrF2N2O/c1-18(2)13-10(14)6-9(19-13)7-17-12-4-3-8(15)5-11(12)16/h3-7H,1-2H3.